The first-order valence-corrected chi connectivity index (χ1v) is 10.3. The highest BCUT2D eigenvalue weighted by atomic mass is 35.5. The lowest BCUT2D eigenvalue weighted by Gasteiger charge is -2.15. The summed E-state index contributed by atoms with van der Waals surface area (Å²) in [5.41, 5.74) is 2.18. The third kappa shape index (κ3) is 4.98. The molecule has 5 nitrogen and oxygen atoms in total. The van der Waals surface area contributed by atoms with Gasteiger partial charge in [-0.1, -0.05) is 35.3 Å². The standard InChI is InChI=1S/C23H20Cl2FNO4/c1-28-21-8-15(11-27-10-14-5-6-20-22(7-14)31-13-30-20)18(25)9-23(21)29-12-16-17(24)3-2-4-19(16)26/h2-9,27H,10-13H2,1H3. The van der Waals surface area contributed by atoms with Crippen molar-refractivity contribution < 1.29 is 23.3 Å². The first kappa shape index (κ1) is 21.6. The minimum atomic E-state index is -0.429. The fourth-order valence-corrected chi connectivity index (χ4v) is 3.64. The molecule has 1 heterocycles. The van der Waals surface area contributed by atoms with Gasteiger partial charge in [0.15, 0.2) is 23.0 Å². The normalized spacial score (nSPS) is 12.1. The van der Waals surface area contributed by atoms with Crippen molar-refractivity contribution in [3.05, 3.63) is 81.1 Å². The van der Waals surface area contributed by atoms with E-state index in [0.717, 1.165) is 22.6 Å². The highest BCUT2D eigenvalue weighted by Crippen LogP contribution is 2.35. The molecule has 4 rings (SSSR count). The zero-order chi connectivity index (χ0) is 21.8. The molecule has 8 heteroatoms. The van der Waals surface area contributed by atoms with Crippen LogP contribution in [0.25, 0.3) is 0 Å². The summed E-state index contributed by atoms with van der Waals surface area (Å²) in [4.78, 5) is 0. The lowest BCUT2D eigenvalue weighted by molar-refractivity contribution is 0.174. The van der Waals surface area contributed by atoms with Crippen LogP contribution in [0.15, 0.2) is 48.5 Å². The molecular weight excluding hydrogens is 444 g/mol. The molecular formula is C23H20Cl2FNO4. The van der Waals surface area contributed by atoms with E-state index >= 15 is 0 Å². The van der Waals surface area contributed by atoms with Crippen molar-refractivity contribution in [1.29, 1.82) is 0 Å². The third-order valence-corrected chi connectivity index (χ3v) is 5.55. The second kappa shape index (κ2) is 9.64. The predicted molar refractivity (Wildman–Crippen MR) is 117 cm³/mol. The van der Waals surface area contributed by atoms with Gasteiger partial charge in [0.1, 0.15) is 12.4 Å². The molecule has 0 spiro atoms. The van der Waals surface area contributed by atoms with Crippen LogP contribution in [0.5, 0.6) is 23.0 Å². The largest absolute Gasteiger partial charge is 0.493 e. The van der Waals surface area contributed by atoms with Crippen LogP contribution in [0.3, 0.4) is 0 Å². The summed E-state index contributed by atoms with van der Waals surface area (Å²) in [6.45, 7) is 1.35. The Morgan fingerprint density at radius 2 is 1.81 bits per heavy atom. The molecule has 0 radical (unpaired) electrons. The van der Waals surface area contributed by atoms with E-state index in [1.54, 1.807) is 24.3 Å². The SMILES string of the molecule is COc1cc(CNCc2ccc3c(c2)OCO3)c(Cl)cc1OCc1c(F)cccc1Cl. The van der Waals surface area contributed by atoms with Gasteiger partial charge in [-0.15, -0.1) is 0 Å². The summed E-state index contributed by atoms with van der Waals surface area (Å²) < 4.78 is 35.9. The first-order valence-electron chi connectivity index (χ1n) is 9.56. The first-order chi connectivity index (χ1) is 15.0. The van der Waals surface area contributed by atoms with E-state index in [-0.39, 0.29) is 19.0 Å². The van der Waals surface area contributed by atoms with Crippen LogP contribution in [0, 0.1) is 5.82 Å². The minimum absolute atomic E-state index is 0.0418. The number of benzene rings is 3. The Morgan fingerprint density at radius 1 is 0.968 bits per heavy atom. The molecule has 0 aromatic heterocycles. The molecule has 162 valence electrons. The molecule has 1 aliphatic rings. The number of nitrogens with one attached hydrogen (secondary N) is 1. The maximum atomic E-state index is 14.0. The van der Waals surface area contributed by atoms with Crippen molar-refractivity contribution in [2.75, 3.05) is 13.9 Å². The molecule has 0 atom stereocenters. The van der Waals surface area contributed by atoms with Crippen molar-refractivity contribution in [1.82, 2.24) is 5.32 Å². The van der Waals surface area contributed by atoms with Crippen molar-refractivity contribution in [3.8, 4) is 23.0 Å². The van der Waals surface area contributed by atoms with E-state index in [9.17, 15) is 4.39 Å². The smallest absolute Gasteiger partial charge is 0.231 e. The average molecular weight is 464 g/mol. The predicted octanol–water partition coefficient (Wildman–Crippen LogP) is 5.74. The van der Waals surface area contributed by atoms with Crippen LogP contribution >= 0.6 is 23.2 Å². The molecule has 0 saturated heterocycles. The topological polar surface area (TPSA) is 49.0 Å². The average Bonchev–Trinajstić information content (AvgIpc) is 3.22. The van der Waals surface area contributed by atoms with Crippen LogP contribution in [-0.4, -0.2) is 13.9 Å². The second-order valence-corrected chi connectivity index (χ2v) is 7.69. The Kier molecular flexibility index (Phi) is 6.70. The molecule has 0 fully saturated rings. The summed E-state index contributed by atoms with van der Waals surface area (Å²) in [6.07, 6.45) is 0. The van der Waals surface area contributed by atoms with Crippen LogP contribution in [-0.2, 0) is 19.7 Å². The summed E-state index contributed by atoms with van der Waals surface area (Å²) in [6, 6.07) is 13.8. The molecule has 1 N–H and O–H groups in total. The number of halogens is 3. The van der Waals surface area contributed by atoms with Gasteiger partial charge in [0.25, 0.3) is 0 Å². The van der Waals surface area contributed by atoms with E-state index in [2.05, 4.69) is 5.32 Å². The zero-order valence-electron chi connectivity index (χ0n) is 16.7. The van der Waals surface area contributed by atoms with Gasteiger partial charge >= 0.3 is 0 Å². The lowest BCUT2D eigenvalue weighted by atomic mass is 10.1. The van der Waals surface area contributed by atoms with E-state index < -0.39 is 5.82 Å². The van der Waals surface area contributed by atoms with Crippen molar-refractivity contribution in [2.45, 2.75) is 19.7 Å². The fourth-order valence-electron chi connectivity index (χ4n) is 3.20. The number of hydrogen-bond acceptors (Lipinski definition) is 5. The Balaban J connectivity index is 1.41. The van der Waals surface area contributed by atoms with Crippen molar-refractivity contribution >= 4 is 23.2 Å². The highest BCUT2D eigenvalue weighted by Gasteiger charge is 2.15. The minimum Gasteiger partial charge on any atom is -0.493 e. The number of methoxy groups -OCH3 is 1. The molecule has 1 aliphatic heterocycles. The maximum Gasteiger partial charge on any atom is 0.231 e. The fraction of sp³-hybridized carbons (Fsp3) is 0.217. The van der Waals surface area contributed by atoms with Gasteiger partial charge in [-0.2, -0.15) is 0 Å². The van der Waals surface area contributed by atoms with Crippen LogP contribution in [0.2, 0.25) is 10.0 Å². The molecule has 31 heavy (non-hydrogen) atoms. The Hall–Kier alpha value is -2.67. The Morgan fingerprint density at radius 3 is 2.61 bits per heavy atom. The third-order valence-electron chi connectivity index (χ3n) is 4.85. The Labute approximate surface area is 189 Å². The molecule has 0 unspecified atom stereocenters. The monoisotopic (exact) mass is 463 g/mol. The maximum absolute atomic E-state index is 14.0. The van der Waals surface area contributed by atoms with Gasteiger partial charge in [-0.3, -0.25) is 0 Å². The summed E-state index contributed by atoms with van der Waals surface area (Å²) >= 11 is 12.5. The zero-order valence-corrected chi connectivity index (χ0v) is 18.2. The van der Waals surface area contributed by atoms with Crippen LogP contribution in [0.4, 0.5) is 4.39 Å². The van der Waals surface area contributed by atoms with Crippen molar-refractivity contribution in [2.24, 2.45) is 0 Å². The van der Waals surface area contributed by atoms with Gasteiger partial charge in [0, 0.05) is 29.7 Å². The quantitative estimate of drug-likeness (QED) is 0.461. The highest BCUT2D eigenvalue weighted by molar-refractivity contribution is 6.31. The molecule has 0 aliphatic carbocycles. The Bertz CT molecular complexity index is 1070. The van der Waals surface area contributed by atoms with E-state index in [1.807, 2.05) is 18.2 Å². The summed E-state index contributed by atoms with van der Waals surface area (Å²) in [7, 11) is 1.54. The van der Waals surface area contributed by atoms with Gasteiger partial charge in [-0.05, 0) is 41.5 Å². The number of hydrogen-bond donors (Lipinski definition) is 1. The molecule has 3 aromatic rings. The van der Waals surface area contributed by atoms with Gasteiger partial charge < -0.3 is 24.3 Å². The van der Waals surface area contributed by atoms with E-state index in [0.29, 0.717) is 34.6 Å². The number of ether oxygens (including phenoxy) is 4. The van der Waals surface area contributed by atoms with Gasteiger partial charge in [-0.25, -0.2) is 4.39 Å². The van der Waals surface area contributed by atoms with Crippen molar-refractivity contribution in [3.63, 3.8) is 0 Å². The van der Waals surface area contributed by atoms with E-state index in [4.69, 9.17) is 42.1 Å². The molecule has 0 bridgehead atoms. The summed E-state index contributed by atoms with van der Waals surface area (Å²) in [5, 5.41) is 4.16. The molecule has 0 amide bonds. The molecule has 3 aromatic carbocycles. The second-order valence-electron chi connectivity index (χ2n) is 6.87. The van der Waals surface area contributed by atoms with Gasteiger partial charge in [0.2, 0.25) is 6.79 Å². The number of rotatable bonds is 8. The van der Waals surface area contributed by atoms with E-state index in [1.165, 1.54) is 13.2 Å². The molecule has 0 saturated carbocycles. The summed E-state index contributed by atoms with van der Waals surface area (Å²) in [5.74, 6) is 1.98. The van der Waals surface area contributed by atoms with Gasteiger partial charge in [0.05, 0.1) is 12.1 Å². The van der Waals surface area contributed by atoms with Crippen LogP contribution in [0.1, 0.15) is 16.7 Å². The lowest BCUT2D eigenvalue weighted by Crippen LogP contribution is -2.13. The number of fused-ring (bicyclic) bond motifs is 1. The van der Waals surface area contributed by atoms with Crippen LogP contribution < -0.4 is 24.3 Å².